The Morgan fingerprint density at radius 1 is 1.12 bits per heavy atom. The number of aryl methyl sites for hydroxylation is 2. The Morgan fingerprint density at radius 3 is 2.38 bits per heavy atom. The fourth-order valence-electron chi connectivity index (χ4n) is 2.76. The second-order valence-corrected chi connectivity index (χ2v) is 8.25. The van der Waals surface area contributed by atoms with Crippen molar-refractivity contribution >= 4 is 10.0 Å². The van der Waals surface area contributed by atoms with E-state index in [2.05, 4.69) is 13.0 Å². The van der Waals surface area contributed by atoms with Gasteiger partial charge in [-0.1, -0.05) is 36.4 Å². The predicted octanol–water partition coefficient (Wildman–Crippen LogP) is 3.45. The summed E-state index contributed by atoms with van der Waals surface area (Å²) in [7, 11) is -3.57. The number of nitrogens with zero attached hydrogens (tertiary/aromatic N) is 1. The van der Waals surface area contributed by atoms with Gasteiger partial charge in [0.15, 0.2) is 0 Å². The Morgan fingerprint density at radius 2 is 1.79 bits per heavy atom. The normalized spacial score (nSPS) is 18.6. The summed E-state index contributed by atoms with van der Waals surface area (Å²) in [6.07, 6.45) is -0.00233. The van der Waals surface area contributed by atoms with Gasteiger partial charge in [0, 0.05) is 12.6 Å². The van der Waals surface area contributed by atoms with E-state index in [0.29, 0.717) is 18.0 Å². The van der Waals surface area contributed by atoms with E-state index in [0.717, 1.165) is 5.56 Å². The van der Waals surface area contributed by atoms with Crippen molar-refractivity contribution in [3.63, 3.8) is 0 Å². The number of benzene rings is 2. The molecule has 1 fully saturated rings. The molecule has 0 bridgehead atoms. The molecule has 0 N–H and O–H groups in total. The molecular formula is C19H23NO3S. The largest absolute Gasteiger partial charge is 0.372 e. The molecular weight excluding hydrogens is 322 g/mol. The lowest BCUT2D eigenvalue weighted by Crippen LogP contribution is -2.36. The smallest absolute Gasteiger partial charge is 0.243 e. The molecule has 1 aliphatic heterocycles. The third kappa shape index (κ3) is 3.53. The minimum absolute atomic E-state index is 0.00233. The molecule has 2 aromatic rings. The molecule has 2 atom stereocenters. The summed E-state index contributed by atoms with van der Waals surface area (Å²) in [6, 6.07) is 14.5. The van der Waals surface area contributed by atoms with Gasteiger partial charge in [0.25, 0.3) is 0 Å². The highest BCUT2D eigenvalue weighted by atomic mass is 32.2. The van der Waals surface area contributed by atoms with Gasteiger partial charge in [-0.2, -0.15) is 4.31 Å². The Labute approximate surface area is 144 Å². The first kappa shape index (κ1) is 17.1. The van der Waals surface area contributed by atoms with Gasteiger partial charge in [0.05, 0.1) is 17.6 Å². The Bertz CT molecular complexity index is 814. The monoisotopic (exact) mass is 345 g/mol. The molecule has 0 radical (unpaired) electrons. The van der Waals surface area contributed by atoms with Gasteiger partial charge in [0.1, 0.15) is 0 Å². The molecule has 0 aromatic heterocycles. The van der Waals surface area contributed by atoms with Crippen LogP contribution in [0.15, 0.2) is 53.4 Å². The second kappa shape index (κ2) is 6.67. The Balaban J connectivity index is 1.98. The van der Waals surface area contributed by atoms with Crippen molar-refractivity contribution in [3.8, 4) is 0 Å². The molecule has 0 aliphatic carbocycles. The van der Waals surface area contributed by atoms with Crippen LogP contribution in [0.3, 0.4) is 0 Å². The van der Waals surface area contributed by atoms with Crippen molar-refractivity contribution in [2.75, 3.05) is 13.2 Å². The zero-order valence-corrected chi connectivity index (χ0v) is 15.1. The lowest BCUT2D eigenvalue weighted by molar-refractivity contribution is 0.295. The number of sulfonamides is 1. The fraction of sp³-hybridized carbons (Fsp3) is 0.368. The second-order valence-electron chi connectivity index (χ2n) is 6.36. The average Bonchev–Trinajstić information content (AvgIpc) is 3.39. The van der Waals surface area contributed by atoms with Gasteiger partial charge in [-0.3, -0.25) is 0 Å². The van der Waals surface area contributed by atoms with E-state index in [1.54, 1.807) is 28.6 Å². The van der Waals surface area contributed by atoms with Crippen LogP contribution in [0.5, 0.6) is 0 Å². The SMILES string of the molecule is Cc1ccc(C(C)N(CC2CO2)S(=O)(=O)c2ccccc2)cc1C. The van der Waals surface area contributed by atoms with Crippen molar-refractivity contribution in [2.24, 2.45) is 0 Å². The van der Waals surface area contributed by atoms with Crippen molar-refractivity contribution < 1.29 is 13.2 Å². The van der Waals surface area contributed by atoms with Crippen LogP contribution in [0.4, 0.5) is 0 Å². The highest BCUT2D eigenvalue weighted by Gasteiger charge is 2.36. The van der Waals surface area contributed by atoms with E-state index < -0.39 is 10.0 Å². The van der Waals surface area contributed by atoms with E-state index in [1.807, 2.05) is 32.0 Å². The van der Waals surface area contributed by atoms with Crippen LogP contribution in [-0.4, -0.2) is 32.0 Å². The Kier molecular flexibility index (Phi) is 4.76. The number of epoxide rings is 1. The van der Waals surface area contributed by atoms with E-state index >= 15 is 0 Å². The summed E-state index contributed by atoms with van der Waals surface area (Å²) in [5, 5.41) is 0. The van der Waals surface area contributed by atoms with E-state index in [1.165, 1.54) is 11.1 Å². The van der Waals surface area contributed by atoms with Crippen molar-refractivity contribution in [1.82, 2.24) is 4.31 Å². The minimum atomic E-state index is -3.57. The maximum atomic E-state index is 13.1. The third-order valence-electron chi connectivity index (χ3n) is 4.58. The highest BCUT2D eigenvalue weighted by molar-refractivity contribution is 7.89. The molecule has 5 heteroatoms. The van der Waals surface area contributed by atoms with Gasteiger partial charge in [0.2, 0.25) is 10.0 Å². The molecule has 2 aromatic carbocycles. The van der Waals surface area contributed by atoms with Crippen LogP contribution in [0.1, 0.15) is 29.7 Å². The quantitative estimate of drug-likeness (QED) is 0.754. The minimum Gasteiger partial charge on any atom is -0.372 e. The highest BCUT2D eigenvalue weighted by Crippen LogP contribution is 2.30. The molecule has 1 aliphatic rings. The summed E-state index contributed by atoms with van der Waals surface area (Å²) in [5.41, 5.74) is 3.37. The maximum absolute atomic E-state index is 13.1. The zero-order chi connectivity index (χ0) is 17.3. The molecule has 1 saturated heterocycles. The maximum Gasteiger partial charge on any atom is 0.243 e. The van der Waals surface area contributed by atoms with Gasteiger partial charge >= 0.3 is 0 Å². The number of hydrogen-bond donors (Lipinski definition) is 0. The van der Waals surface area contributed by atoms with Crippen LogP contribution >= 0.6 is 0 Å². The van der Waals surface area contributed by atoms with Crippen LogP contribution < -0.4 is 0 Å². The first-order valence-electron chi connectivity index (χ1n) is 8.15. The predicted molar refractivity (Wildman–Crippen MR) is 94.4 cm³/mol. The van der Waals surface area contributed by atoms with Gasteiger partial charge in [-0.05, 0) is 49.6 Å². The van der Waals surface area contributed by atoms with Crippen molar-refractivity contribution in [3.05, 3.63) is 65.2 Å². The fourth-order valence-corrected chi connectivity index (χ4v) is 4.43. The van der Waals surface area contributed by atoms with Crippen molar-refractivity contribution in [1.29, 1.82) is 0 Å². The number of ether oxygens (including phenoxy) is 1. The molecule has 1 heterocycles. The average molecular weight is 345 g/mol. The number of rotatable bonds is 6. The molecule has 0 spiro atoms. The van der Waals surface area contributed by atoms with E-state index in [-0.39, 0.29) is 12.1 Å². The Hall–Kier alpha value is -1.69. The van der Waals surface area contributed by atoms with Gasteiger partial charge in [-0.25, -0.2) is 8.42 Å². The molecule has 4 nitrogen and oxygen atoms in total. The lowest BCUT2D eigenvalue weighted by atomic mass is 10.0. The van der Waals surface area contributed by atoms with Gasteiger partial charge < -0.3 is 4.74 Å². The van der Waals surface area contributed by atoms with Crippen LogP contribution in [0.25, 0.3) is 0 Å². The zero-order valence-electron chi connectivity index (χ0n) is 14.3. The summed E-state index contributed by atoms with van der Waals surface area (Å²) in [4.78, 5) is 0.321. The summed E-state index contributed by atoms with van der Waals surface area (Å²) in [5.74, 6) is 0. The van der Waals surface area contributed by atoms with Crippen molar-refractivity contribution in [2.45, 2.75) is 37.8 Å². The van der Waals surface area contributed by atoms with Gasteiger partial charge in [-0.15, -0.1) is 0 Å². The molecule has 0 amide bonds. The van der Waals surface area contributed by atoms with Crippen LogP contribution in [-0.2, 0) is 14.8 Å². The van der Waals surface area contributed by atoms with Crippen LogP contribution in [0.2, 0.25) is 0 Å². The summed E-state index contributed by atoms with van der Waals surface area (Å²) < 4.78 is 33.1. The summed E-state index contributed by atoms with van der Waals surface area (Å²) in [6.45, 7) is 7.05. The molecule has 3 rings (SSSR count). The first-order chi connectivity index (χ1) is 11.4. The lowest BCUT2D eigenvalue weighted by Gasteiger charge is -2.28. The van der Waals surface area contributed by atoms with E-state index in [9.17, 15) is 8.42 Å². The number of hydrogen-bond acceptors (Lipinski definition) is 3. The molecule has 0 saturated carbocycles. The standard InChI is InChI=1S/C19H23NO3S/c1-14-9-10-17(11-15(14)2)16(3)20(12-18-13-23-18)24(21,22)19-7-5-4-6-8-19/h4-11,16,18H,12-13H2,1-3H3. The first-order valence-corrected chi connectivity index (χ1v) is 9.59. The molecule has 24 heavy (non-hydrogen) atoms. The summed E-state index contributed by atoms with van der Waals surface area (Å²) >= 11 is 0. The molecule has 128 valence electrons. The molecule has 2 unspecified atom stereocenters. The van der Waals surface area contributed by atoms with E-state index in [4.69, 9.17) is 4.74 Å². The van der Waals surface area contributed by atoms with Crippen LogP contribution in [0, 0.1) is 13.8 Å². The topological polar surface area (TPSA) is 49.9 Å². The third-order valence-corrected chi connectivity index (χ3v) is 6.53.